The number of hydrogen-bond acceptors (Lipinski definition) is 2. The van der Waals surface area contributed by atoms with Gasteiger partial charge in [0.2, 0.25) is 0 Å². The number of carbonyl (C=O) groups is 1. The van der Waals surface area contributed by atoms with Crippen LogP contribution in [0.2, 0.25) is 0 Å². The fourth-order valence-corrected chi connectivity index (χ4v) is 5.53. The van der Waals surface area contributed by atoms with Gasteiger partial charge in [-0.25, -0.2) is 4.79 Å². The normalized spacial score (nSPS) is 21.5. The van der Waals surface area contributed by atoms with Crippen molar-refractivity contribution in [2.75, 3.05) is 6.54 Å². The molecule has 3 nitrogen and oxygen atoms in total. The molecule has 0 bridgehead atoms. The van der Waals surface area contributed by atoms with Gasteiger partial charge in [-0.15, -0.1) is 5.73 Å². The molecular formula is C31H35NO2. The molecule has 3 fully saturated rings. The van der Waals surface area contributed by atoms with E-state index in [0.29, 0.717) is 19.0 Å². The lowest BCUT2D eigenvalue weighted by Crippen LogP contribution is -2.25. The average Bonchev–Trinajstić information content (AvgIpc) is 3.53. The largest absolute Gasteiger partial charge is 0.439 e. The number of rotatable bonds is 6. The summed E-state index contributed by atoms with van der Waals surface area (Å²) >= 11 is 0. The number of carbonyl (C=O) groups excluding carboxylic acids is 1. The molecule has 0 spiro atoms. The highest BCUT2D eigenvalue weighted by Crippen LogP contribution is 2.36. The Balaban J connectivity index is 1.52. The second-order valence-corrected chi connectivity index (χ2v) is 9.94. The van der Waals surface area contributed by atoms with Crippen LogP contribution in [-0.2, 0) is 11.3 Å². The van der Waals surface area contributed by atoms with Gasteiger partial charge in [0.1, 0.15) is 6.10 Å². The lowest BCUT2D eigenvalue weighted by Gasteiger charge is -2.23. The van der Waals surface area contributed by atoms with E-state index in [1.54, 1.807) is 0 Å². The molecule has 0 aromatic heterocycles. The van der Waals surface area contributed by atoms with Crippen molar-refractivity contribution in [2.24, 2.45) is 5.92 Å². The van der Waals surface area contributed by atoms with E-state index in [2.05, 4.69) is 54.3 Å². The second-order valence-electron chi connectivity index (χ2n) is 9.94. The van der Waals surface area contributed by atoms with Crippen molar-refractivity contribution in [3.63, 3.8) is 0 Å². The van der Waals surface area contributed by atoms with Gasteiger partial charge in [0.15, 0.2) is 0 Å². The molecule has 2 saturated carbocycles. The average molecular weight is 454 g/mol. The Morgan fingerprint density at radius 1 is 0.912 bits per heavy atom. The van der Waals surface area contributed by atoms with E-state index < -0.39 is 0 Å². The molecule has 34 heavy (non-hydrogen) atoms. The Labute approximate surface area is 203 Å². The van der Waals surface area contributed by atoms with Crippen molar-refractivity contribution in [2.45, 2.75) is 70.4 Å². The molecule has 176 valence electrons. The van der Waals surface area contributed by atoms with Gasteiger partial charge >= 0.3 is 6.09 Å². The Hall–Kier alpha value is -3.03. The summed E-state index contributed by atoms with van der Waals surface area (Å²) in [5.74, 6) is 0.541. The summed E-state index contributed by atoms with van der Waals surface area (Å²) in [6.45, 7) is 1.16. The molecule has 1 heterocycles. The van der Waals surface area contributed by atoms with E-state index in [1.807, 2.05) is 23.1 Å². The summed E-state index contributed by atoms with van der Waals surface area (Å²) in [5, 5.41) is 0. The Morgan fingerprint density at radius 3 is 2.29 bits per heavy atom. The Morgan fingerprint density at radius 2 is 1.59 bits per heavy atom. The van der Waals surface area contributed by atoms with Gasteiger partial charge in [-0.05, 0) is 61.1 Å². The summed E-state index contributed by atoms with van der Waals surface area (Å²) in [6, 6.07) is 20.8. The van der Waals surface area contributed by atoms with Crippen LogP contribution < -0.4 is 0 Å². The number of ether oxygens (including phenoxy) is 1. The molecule has 1 atom stereocenters. The highest BCUT2D eigenvalue weighted by atomic mass is 16.6. The third-order valence-electron chi connectivity index (χ3n) is 7.38. The predicted octanol–water partition coefficient (Wildman–Crippen LogP) is 7.70. The van der Waals surface area contributed by atoms with Gasteiger partial charge in [0.25, 0.3) is 0 Å². The SMILES string of the molecule is O=C1O[C@H](/C(=C\C2CCCCC2)C(=C=C2CCCC2)c2ccccc2)CN1Cc1ccccc1. The number of allylic oxidation sites excluding steroid dienone is 1. The van der Waals surface area contributed by atoms with Crippen LogP contribution in [0.4, 0.5) is 4.79 Å². The summed E-state index contributed by atoms with van der Waals surface area (Å²) in [6.07, 6.45) is 13.0. The maximum atomic E-state index is 12.9. The maximum Gasteiger partial charge on any atom is 0.410 e. The Kier molecular flexibility index (Phi) is 7.31. The fraction of sp³-hybridized carbons (Fsp3) is 0.419. The molecule has 5 rings (SSSR count). The van der Waals surface area contributed by atoms with Crippen LogP contribution >= 0.6 is 0 Å². The standard InChI is InChI=1S/C31H35NO2/c33-31-32(22-26-16-6-2-7-17-26)23-30(34-31)29(21-25-12-4-1-5-13-25)28(20-24-14-10-11-15-24)27-18-8-3-9-19-27/h2-3,6-9,16-19,21,25,30H,1,4-5,10-15,22-23H2/b29-21-/t30-/m0/s1. The quantitative estimate of drug-likeness (QED) is 0.331. The zero-order valence-electron chi connectivity index (χ0n) is 20.0. The molecule has 3 heteroatoms. The third kappa shape index (κ3) is 5.54. The predicted molar refractivity (Wildman–Crippen MR) is 137 cm³/mol. The minimum atomic E-state index is -0.261. The smallest absolute Gasteiger partial charge is 0.410 e. The van der Waals surface area contributed by atoms with E-state index >= 15 is 0 Å². The summed E-state index contributed by atoms with van der Waals surface area (Å²) in [4.78, 5) is 14.8. The van der Waals surface area contributed by atoms with E-state index in [1.165, 1.54) is 56.1 Å². The van der Waals surface area contributed by atoms with Crippen molar-refractivity contribution in [1.82, 2.24) is 4.90 Å². The third-order valence-corrected chi connectivity index (χ3v) is 7.38. The first-order chi connectivity index (χ1) is 16.8. The highest BCUT2D eigenvalue weighted by Gasteiger charge is 2.35. The molecule has 1 aliphatic heterocycles. The van der Waals surface area contributed by atoms with E-state index in [-0.39, 0.29) is 12.2 Å². The fourth-order valence-electron chi connectivity index (χ4n) is 5.53. The molecule has 1 saturated heterocycles. The van der Waals surface area contributed by atoms with Crippen LogP contribution in [0.3, 0.4) is 0 Å². The zero-order valence-corrected chi connectivity index (χ0v) is 20.0. The molecule has 0 radical (unpaired) electrons. The van der Waals surface area contributed by atoms with E-state index in [4.69, 9.17) is 4.74 Å². The molecule has 1 amide bonds. The molecular weight excluding hydrogens is 418 g/mol. The van der Waals surface area contributed by atoms with E-state index in [9.17, 15) is 4.79 Å². The van der Waals surface area contributed by atoms with Crippen LogP contribution in [0.5, 0.6) is 0 Å². The van der Waals surface area contributed by atoms with Gasteiger partial charge in [-0.2, -0.15) is 0 Å². The number of nitrogens with zero attached hydrogens (tertiary/aromatic N) is 1. The van der Waals surface area contributed by atoms with Crippen LogP contribution in [0.1, 0.15) is 68.9 Å². The van der Waals surface area contributed by atoms with Crippen molar-refractivity contribution in [3.05, 3.63) is 94.7 Å². The van der Waals surface area contributed by atoms with Crippen molar-refractivity contribution in [1.29, 1.82) is 0 Å². The first-order valence-corrected chi connectivity index (χ1v) is 13.0. The maximum absolute atomic E-state index is 12.9. The molecule has 2 aliphatic carbocycles. The number of amides is 1. The summed E-state index contributed by atoms with van der Waals surface area (Å²) < 4.78 is 6.07. The highest BCUT2D eigenvalue weighted by molar-refractivity contribution is 5.82. The molecule has 2 aromatic carbocycles. The lowest BCUT2D eigenvalue weighted by molar-refractivity contribution is 0.142. The monoisotopic (exact) mass is 453 g/mol. The van der Waals surface area contributed by atoms with Gasteiger partial charge in [-0.3, -0.25) is 4.90 Å². The van der Waals surface area contributed by atoms with Crippen LogP contribution in [0, 0.1) is 5.92 Å². The molecule has 3 aliphatic rings. The summed E-state index contributed by atoms with van der Waals surface area (Å²) in [7, 11) is 0. The minimum Gasteiger partial charge on any atom is -0.439 e. The first kappa shape index (κ1) is 22.7. The van der Waals surface area contributed by atoms with Crippen LogP contribution in [-0.4, -0.2) is 23.6 Å². The van der Waals surface area contributed by atoms with Crippen molar-refractivity contribution in [3.8, 4) is 0 Å². The molecule has 0 unspecified atom stereocenters. The lowest BCUT2D eigenvalue weighted by atomic mass is 9.84. The summed E-state index contributed by atoms with van der Waals surface area (Å²) in [5.41, 5.74) is 9.81. The van der Waals surface area contributed by atoms with Crippen molar-refractivity contribution >= 4 is 11.7 Å². The van der Waals surface area contributed by atoms with Crippen LogP contribution in [0.15, 0.2) is 83.6 Å². The topological polar surface area (TPSA) is 29.5 Å². The van der Waals surface area contributed by atoms with Gasteiger partial charge in [-0.1, -0.05) is 86.0 Å². The number of cyclic esters (lactones) is 1. The van der Waals surface area contributed by atoms with E-state index in [0.717, 1.165) is 29.6 Å². The number of benzene rings is 2. The zero-order chi connectivity index (χ0) is 23.2. The molecule has 0 N–H and O–H groups in total. The van der Waals surface area contributed by atoms with Crippen molar-refractivity contribution < 1.29 is 9.53 Å². The number of hydrogen-bond donors (Lipinski definition) is 0. The van der Waals surface area contributed by atoms with Crippen LogP contribution in [0.25, 0.3) is 5.57 Å². The van der Waals surface area contributed by atoms with Gasteiger partial charge in [0, 0.05) is 17.7 Å². The van der Waals surface area contributed by atoms with Gasteiger partial charge < -0.3 is 4.74 Å². The minimum absolute atomic E-state index is 0.218. The molecule has 2 aromatic rings. The first-order valence-electron chi connectivity index (χ1n) is 13.0. The second kappa shape index (κ2) is 10.9. The van der Waals surface area contributed by atoms with Gasteiger partial charge in [0.05, 0.1) is 6.54 Å². The Bertz CT molecular complexity index is 1060.